The Labute approximate surface area is 117 Å². The van der Waals surface area contributed by atoms with Crippen molar-refractivity contribution in [3.05, 3.63) is 35.4 Å². The van der Waals surface area contributed by atoms with Crippen LogP contribution in [-0.4, -0.2) is 29.6 Å². The second-order valence-corrected chi connectivity index (χ2v) is 5.88. The van der Waals surface area contributed by atoms with Crippen LogP contribution >= 0.6 is 0 Å². The molecule has 0 aliphatic heterocycles. The molecule has 0 heterocycles. The van der Waals surface area contributed by atoms with Crippen molar-refractivity contribution in [1.29, 1.82) is 0 Å². The molecule has 0 bridgehead atoms. The van der Waals surface area contributed by atoms with Crippen molar-refractivity contribution in [1.82, 2.24) is 4.90 Å². The van der Waals surface area contributed by atoms with Crippen molar-refractivity contribution in [3.63, 3.8) is 0 Å². The highest BCUT2D eigenvalue weighted by molar-refractivity contribution is 5.24. The Kier molecular flexibility index (Phi) is 6.49. The second kappa shape index (κ2) is 7.63. The largest absolute Gasteiger partial charge is 0.387 e. The minimum absolute atomic E-state index is 0.438. The van der Waals surface area contributed by atoms with Crippen LogP contribution in [0.3, 0.4) is 0 Å². The van der Waals surface area contributed by atoms with E-state index in [0.717, 1.165) is 17.5 Å². The van der Waals surface area contributed by atoms with E-state index in [1.807, 2.05) is 24.3 Å². The highest BCUT2D eigenvalue weighted by Crippen LogP contribution is 2.17. The Morgan fingerprint density at radius 2 is 1.74 bits per heavy atom. The molecule has 3 heteroatoms. The van der Waals surface area contributed by atoms with Gasteiger partial charge in [-0.2, -0.15) is 0 Å². The maximum atomic E-state index is 10.3. The molecule has 2 unspecified atom stereocenters. The summed E-state index contributed by atoms with van der Waals surface area (Å²) in [6.45, 7) is 7.88. The van der Waals surface area contributed by atoms with E-state index < -0.39 is 6.10 Å². The summed E-state index contributed by atoms with van der Waals surface area (Å²) in [6, 6.07) is 8.38. The van der Waals surface area contributed by atoms with E-state index in [1.54, 1.807) is 0 Å². The number of hydrogen-bond acceptors (Lipinski definition) is 3. The minimum Gasteiger partial charge on any atom is -0.387 e. The maximum absolute atomic E-state index is 10.3. The highest BCUT2D eigenvalue weighted by Gasteiger charge is 2.16. The van der Waals surface area contributed by atoms with Crippen LogP contribution < -0.4 is 5.73 Å². The van der Waals surface area contributed by atoms with Crippen molar-refractivity contribution in [2.75, 3.05) is 13.6 Å². The lowest BCUT2D eigenvalue weighted by Gasteiger charge is -2.28. The molecule has 2 atom stereocenters. The molecule has 3 nitrogen and oxygen atoms in total. The molecule has 0 spiro atoms. The van der Waals surface area contributed by atoms with Gasteiger partial charge < -0.3 is 15.7 Å². The van der Waals surface area contributed by atoms with Gasteiger partial charge in [-0.1, -0.05) is 38.1 Å². The van der Waals surface area contributed by atoms with Crippen LogP contribution in [-0.2, 0) is 6.54 Å². The first-order chi connectivity index (χ1) is 8.93. The first kappa shape index (κ1) is 16.2. The van der Waals surface area contributed by atoms with Crippen molar-refractivity contribution >= 4 is 0 Å². The van der Waals surface area contributed by atoms with Gasteiger partial charge in [0.2, 0.25) is 0 Å². The van der Waals surface area contributed by atoms with Crippen molar-refractivity contribution in [2.45, 2.75) is 45.9 Å². The number of nitrogens with two attached hydrogens (primary N) is 1. The molecule has 0 amide bonds. The highest BCUT2D eigenvalue weighted by atomic mass is 16.3. The number of rotatable bonds is 7. The summed E-state index contributed by atoms with van der Waals surface area (Å²) < 4.78 is 0. The van der Waals surface area contributed by atoms with Gasteiger partial charge in [0, 0.05) is 19.1 Å². The third-order valence-electron chi connectivity index (χ3n) is 3.63. The maximum Gasteiger partial charge on any atom is 0.0916 e. The van der Waals surface area contributed by atoms with Gasteiger partial charge in [0.05, 0.1) is 6.10 Å². The van der Waals surface area contributed by atoms with Gasteiger partial charge in [0.1, 0.15) is 0 Å². The molecule has 108 valence electrons. The van der Waals surface area contributed by atoms with Crippen LogP contribution in [0, 0.1) is 5.92 Å². The molecule has 0 saturated carbocycles. The van der Waals surface area contributed by atoms with E-state index in [9.17, 15) is 5.11 Å². The quantitative estimate of drug-likeness (QED) is 0.795. The molecule has 3 N–H and O–H groups in total. The fraction of sp³-hybridized carbons (Fsp3) is 0.625. The van der Waals surface area contributed by atoms with Crippen molar-refractivity contribution in [3.8, 4) is 0 Å². The zero-order valence-electron chi connectivity index (χ0n) is 12.6. The van der Waals surface area contributed by atoms with E-state index in [2.05, 4.69) is 32.7 Å². The van der Waals surface area contributed by atoms with Gasteiger partial charge in [0.15, 0.2) is 0 Å². The zero-order valence-corrected chi connectivity index (χ0v) is 12.6. The average molecular weight is 264 g/mol. The summed E-state index contributed by atoms with van der Waals surface area (Å²) in [5, 5.41) is 10.3. The topological polar surface area (TPSA) is 49.5 Å². The Hall–Kier alpha value is -0.900. The van der Waals surface area contributed by atoms with Crippen LogP contribution in [0.15, 0.2) is 24.3 Å². The van der Waals surface area contributed by atoms with E-state index in [0.29, 0.717) is 25.0 Å². The molecular weight excluding hydrogens is 236 g/mol. The lowest BCUT2D eigenvalue weighted by Crippen LogP contribution is -2.33. The fourth-order valence-corrected chi connectivity index (χ4v) is 2.30. The average Bonchev–Trinajstić information content (AvgIpc) is 2.37. The number of likely N-dealkylation sites (N-methyl/N-ethyl adjacent to an activating group) is 1. The Morgan fingerprint density at radius 1 is 1.16 bits per heavy atom. The molecule has 1 aromatic rings. The lowest BCUT2D eigenvalue weighted by atomic mass is 10.0. The molecule has 0 aromatic heterocycles. The molecule has 0 aliphatic carbocycles. The number of aliphatic hydroxyl groups is 1. The van der Waals surface area contributed by atoms with E-state index in [4.69, 9.17) is 5.73 Å². The number of aliphatic hydroxyl groups excluding tert-OH is 1. The third kappa shape index (κ3) is 5.31. The normalized spacial score (nSPS) is 14.9. The first-order valence-corrected chi connectivity index (χ1v) is 7.11. The van der Waals surface area contributed by atoms with Gasteiger partial charge in [-0.25, -0.2) is 0 Å². The summed E-state index contributed by atoms with van der Waals surface area (Å²) >= 11 is 0. The number of hydrogen-bond donors (Lipinski definition) is 2. The predicted molar refractivity (Wildman–Crippen MR) is 80.8 cm³/mol. The molecule has 1 aromatic carbocycles. The molecule has 0 aliphatic rings. The number of benzene rings is 1. The van der Waals surface area contributed by atoms with Gasteiger partial charge >= 0.3 is 0 Å². The smallest absolute Gasteiger partial charge is 0.0916 e. The first-order valence-electron chi connectivity index (χ1n) is 7.11. The van der Waals surface area contributed by atoms with Gasteiger partial charge in [-0.15, -0.1) is 0 Å². The summed E-state index contributed by atoms with van der Waals surface area (Å²) in [5.74, 6) is 0.679. The van der Waals surface area contributed by atoms with Crippen LogP contribution in [0.4, 0.5) is 0 Å². The number of nitrogens with zero attached hydrogens (tertiary/aromatic N) is 1. The zero-order chi connectivity index (χ0) is 14.4. The van der Waals surface area contributed by atoms with Crippen molar-refractivity contribution in [2.24, 2.45) is 11.7 Å². The minimum atomic E-state index is -0.438. The van der Waals surface area contributed by atoms with Crippen LogP contribution in [0.25, 0.3) is 0 Å². The van der Waals surface area contributed by atoms with Gasteiger partial charge in [0.25, 0.3) is 0 Å². The summed E-state index contributed by atoms with van der Waals surface area (Å²) in [7, 11) is 2.07. The van der Waals surface area contributed by atoms with E-state index in [1.165, 1.54) is 0 Å². The van der Waals surface area contributed by atoms with E-state index in [-0.39, 0.29) is 0 Å². The Bertz CT molecular complexity index is 362. The van der Waals surface area contributed by atoms with Crippen LogP contribution in [0.1, 0.15) is 44.4 Å². The monoisotopic (exact) mass is 264 g/mol. The molecular formula is C16H28N2O. The van der Waals surface area contributed by atoms with Gasteiger partial charge in [-0.3, -0.25) is 0 Å². The van der Waals surface area contributed by atoms with Gasteiger partial charge in [-0.05, 0) is 37.4 Å². The Morgan fingerprint density at radius 3 is 2.21 bits per heavy atom. The summed E-state index contributed by atoms with van der Waals surface area (Å²) in [6.07, 6.45) is 0.710. The Balaban J connectivity index is 2.55. The van der Waals surface area contributed by atoms with E-state index >= 15 is 0 Å². The fourth-order valence-electron chi connectivity index (χ4n) is 2.30. The second-order valence-electron chi connectivity index (χ2n) is 5.88. The molecule has 0 saturated heterocycles. The van der Waals surface area contributed by atoms with Crippen LogP contribution in [0.5, 0.6) is 0 Å². The SMILES string of the molecule is CC(C)CC(C)N(C)CC(O)c1ccc(CN)cc1. The molecule has 1 rings (SSSR count). The lowest BCUT2D eigenvalue weighted by molar-refractivity contribution is 0.102. The predicted octanol–water partition coefficient (Wildman–Crippen LogP) is 2.55. The van der Waals surface area contributed by atoms with Crippen molar-refractivity contribution < 1.29 is 5.11 Å². The standard InChI is InChI=1S/C16H28N2O/c1-12(2)9-13(3)18(4)11-16(19)15-7-5-14(10-17)6-8-15/h5-8,12-13,16,19H,9-11,17H2,1-4H3. The molecule has 0 radical (unpaired) electrons. The van der Waals surface area contributed by atoms with Crippen LogP contribution in [0.2, 0.25) is 0 Å². The molecule has 19 heavy (non-hydrogen) atoms. The summed E-state index contributed by atoms with van der Waals surface area (Å²) in [4.78, 5) is 2.22. The third-order valence-corrected chi connectivity index (χ3v) is 3.63. The summed E-state index contributed by atoms with van der Waals surface area (Å²) in [5.41, 5.74) is 7.63. The molecule has 0 fully saturated rings.